The second-order valence-electron chi connectivity index (χ2n) is 6.26. The summed E-state index contributed by atoms with van der Waals surface area (Å²) in [6, 6.07) is 6.77. The maximum atomic E-state index is 13.3. The molecule has 0 radical (unpaired) electrons. The normalized spacial score (nSPS) is 29.2. The zero-order valence-corrected chi connectivity index (χ0v) is 12.7. The van der Waals surface area contributed by atoms with Gasteiger partial charge in [-0.05, 0) is 36.5 Å². The highest BCUT2D eigenvalue weighted by molar-refractivity contribution is 5.92. The number of nitrogens with zero attached hydrogens (tertiary/aromatic N) is 1. The van der Waals surface area contributed by atoms with Gasteiger partial charge >= 0.3 is 0 Å². The van der Waals surface area contributed by atoms with Crippen molar-refractivity contribution in [1.29, 1.82) is 0 Å². The third-order valence-corrected chi connectivity index (χ3v) is 4.89. The van der Waals surface area contributed by atoms with Crippen LogP contribution in [-0.4, -0.2) is 24.5 Å². The number of benzene rings is 1. The number of amidine groups is 1. The second kappa shape index (κ2) is 6.14. The van der Waals surface area contributed by atoms with Crippen LogP contribution in [-0.2, 0) is 6.54 Å². The average molecular weight is 289 g/mol. The molecule has 4 heteroatoms. The minimum atomic E-state index is -0.182. The molecule has 0 bridgehead atoms. The van der Waals surface area contributed by atoms with Crippen LogP contribution in [0.5, 0.6) is 0 Å². The van der Waals surface area contributed by atoms with Crippen LogP contribution in [0.15, 0.2) is 29.3 Å². The molecule has 1 fully saturated rings. The van der Waals surface area contributed by atoms with Crippen molar-refractivity contribution in [3.05, 3.63) is 35.6 Å². The van der Waals surface area contributed by atoms with Crippen molar-refractivity contribution in [3.8, 4) is 0 Å². The van der Waals surface area contributed by atoms with Crippen molar-refractivity contribution in [2.24, 2.45) is 10.9 Å². The number of aliphatic imine (C=N–C) groups is 1. The van der Waals surface area contributed by atoms with Crippen molar-refractivity contribution in [1.82, 2.24) is 10.6 Å². The van der Waals surface area contributed by atoms with Gasteiger partial charge in [-0.25, -0.2) is 4.39 Å². The molecule has 3 rings (SSSR count). The third-order valence-electron chi connectivity index (χ3n) is 4.89. The highest BCUT2D eigenvalue weighted by Gasteiger charge is 2.43. The van der Waals surface area contributed by atoms with E-state index in [2.05, 4.69) is 17.6 Å². The Morgan fingerprint density at radius 3 is 3.14 bits per heavy atom. The largest absolute Gasteiger partial charge is 0.368 e. The van der Waals surface area contributed by atoms with Gasteiger partial charge in [-0.2, -0.15) is 0 Å². The van der Waals surface area contributed by atoms with Gasteiger partial charge in [0, 0.05) is 13.1 Å². The first-order valence-electron chi connectivity index (χ1n) is 7.99. The van der Waals surface area contributed by atoms with E-state index in [1.54, 1.807) is 12.1 Å². The van der Waals surface area contributed by atoms with Crippen molar-refractivity contribution >= 4 is 5.84 Å². The molecule has 2 atom stereocenters. The number of nitrogens with one attached hydrogen (secondary N) is 2. The molecule has 1 spiro atoms. The summed E-state index contributed by atoms with van der Waals surface area (Å²) in [7, 11) is 0. The van der Waals surface area contributed by atoms with E-state index in [9.17, 15) is 4.39 Å². The average Bonchev–Trinajstić information content (AvgIpc) is 2.50. The first-order chi connectivity index (χ1) is 10.2. The molecular formula is C17H24FN3. The SMILES string of the molecule is C[C@H]1CCCC[C@]12NCCN=C2NCc1cccc(F)c1. The summed E-state index contributed by atoms with van der Waals surface area (Å²) in [5.41, 5.74) is 0.964. The summed E-state index contributed by atoms with van der Waals surface area (Å²) < 4.78 is 13.3. The van der Waals surface area contributed by atoms with Crippen LogP contribution in [0.25, 0.3) is 0 Å². The lowest BCUT2D eigenvalue weighted by Crippen LogP contribution is -2.64. The molecule has 1 heterocycles. The fourth-order valence-corrected chi connectivity index (χ4v) is 3.68. The van der Waals surface area contributed by atoms with Crippen LogP contribution < -0.4 is 10.6 Å². The van der Waals surface area contributed by atoms with E-state index in [4.69, 9.17) is 4.99 Å². The minimum Gasteiger partial charge on any atom is -0.368 e. The first kappa shape index (κ1) is 14.5. The van der Waals surface area contributed by atoms with Gasteiger partial charge in [0.25, 0.3) is 0 Å². The summed E-state index contributed by atoms with van der Waals surface area (Å²) in [6.07, 6.45) is 4.94. The number of hydrogen-bond donors (Lipinski definition) is 2. The van der Waals surface area contributed by atoms with E-state index >= 15 is 0 Å². The maximum Gasteiger partial charge on any atom is 0.123 e. The third kappa shape index (κ3) is 2.95. The second-order valence-corrected chi connectivity index (χ2v) is 6.26. The predicted molar refractivity (Wildman–Crippen MR) is 83.9 cm³/mol. The minimum absolute atomic E-state index is 0.00379. The molecule has 0 unspecified atom stereocenters. The quantitative estimate of drug-likeness (QED) is 0.878. The molecule has 21 heavy (non-hydrogen) atoms. The lowest BCUT2D eigenvalue weighted by atomic mass is 9.72. The van der Waals surface area contributed by atoms with Crippen LogP contribution in [0.2, 0.25) is 0 Å². The van der Waals surface area contributed by atoms with Crippen molar-refractivity contribution in [3.63, 3.8) is 0 Å². The highest BCUT2D eigenvalue weighted by Crippen LogP contribution is 2.35. The molecule has 0 amide bonds. The highest BCUT2D eigenvalue weighted by atomic mass is 19.1. The van der Waals surface area contributed by atoms with Gasteiger partial charge in [0.15, 0.2) is 0 Å². The monoisotopic (exact) mass is 289 g/mol. The van der Waals surface area contributed by atoms with E-state index < -0.39 is 0 Å². The maximum absolute atomic E-state index is 13.3. The number of halogens is 1. The molecule has 3 nitrogen and oxygen atoms in total. The van der Waals surface area contributed by atoms with Crippen LogP contribution in [0.3, 0.4) is 0 Å². The van der Waals surface area contributed by atoms with Gasteiger partial charge in [0.2, 0.25) is 0 Å². The van der Waals surface area contributed by atoms with Crippen molar-refractivity contribution in [2.45, 2.75) is 44.7 Å². The van der Waals surface area contributed by atoms with Gasteiger partial charge in [-0.3, -0.25) is 4.99 Å². The van der Waals surface area contributed by atoms with E-state index in [-0.39, 0.29) is 11.4 Å². The van der Waals surface area contributed by atoms with Gasteiger partial charge in [-0.1, -0.05) is 31.9 Å². The van der Waals surface area contributed by atoms with Crippen LogP contribution in [0, 0.1) is 11.7 Å². The Morgan fingerprint density at radius 1 is 1.43 bits per heavy atom. The van der Waals surface area contributed by atoms with Crippen LogP contribution in [0.1, 0.15) is 38.2 Å². The van der Waals surface area contributed by atoms with E-state index in [1.165, 1.54) is 25.3 Å². The summed E-state index contributed by atoms with van der Waals surface area (Å²) in [6.45, 7) is 4.72. The topological polar surface area (TPSA) is 36.4 Å². The Bertz CT molecular complexity index is 529. The molecular weight excluding hydrogens is 265 g/mol. The number of hydrogen-bond acceptors (Lipinski definition) is 3. The van der Waals surface area contributed by atoms with E-state index in [0.29, 0.717) is 12.5 Å². The van der Waals surface area contributed by atoms with Gasteiger partial charge in [0.05, 0.1) is 12.1 Å². The molecule has 1 saturated carbocycles. The van der Waals surface area contributed by atoms with Gasteiger partial charge in [-0.15, -0.1) is 0 Å². The van der Waals surface area contributed by atoms with Crippen molar-refractivity contribution in [2.75, 3.05) is 13.1 Å². The van der Waals surface area contributed by atoms with Crippen LogP contribution in [0.4, 0.5) is 4.39 Å². The zero-order chi connectivity index (χ0) is 14.7. The molecule has 1 aromatic rings. The summed E-state index contributed by atoms with van der Waals surface area (Å²) in [5.74, 6) is 1.48. The summed E-state index contributed by atoms with van der Waals surface area (Å²) in [4.78, 5) is 4.74. The Labute approximate surface area is 126 Å². The fraction of sp³-hybridized carbons (Fsp3) is 0.588. The van der Waals surface area contributed by atoms with Crippen LogP contribution >= 0.6 is 0 Å². The van der Waals surface area contributed by atoms with E-state index in [1.807, 2.05) is 6.07 Å². The Morgan fingerprint density at radius 2 is 2.33 bits per heavy atom. The molecule has 1 aliphatic carbocycles. The van der Waals surface area contributed by atoms with Gasteiger partial charge in [0.1, 0.15) is 11.7 Å². The number of rotatable bonds is 2. The smallest absolute Gasteiger partial charge is 0.123 e. The van der Waals surface area contributed by atoms with Crippen molar-refractivity contribution < 1.29 is 4.39 Å². The van der Waals surface area contributed by atoms with Gasteiger partial charge < -0.3 is 10.6 Å². The molecule has 0 aromatic heterocycles. The fourth-order valence-electron chi connectivity index (χ4n) is 3.68. The Kier molecular flexibility index (Phi) is 4.24. The molecule has 0 saturated heterocycles. The van der Waals surface area contributed by atoms with E-state index in [0.717, 1.165) is 30.9 Å². The Balaban J connectivity index is 1.74. The molecule has 2 N–H and O–H groups in total. The summed E-state index contributed by atoms with van der Waals surface area (Å²) >= 11 is 0. The summed E-state index contributed by atoms with van der Waals surface area (Å²) in [5, 5.41) is 7.19. The molecule has 1 aliphatic heterocycles. The lowest BCUT2D eigenvalue weighted by Gasteiger charge is -2.46. The molecule has 114 valence electrons. The zero-order valence-electron chi connectivity index (χ0n) is 12.7. The first-order valence-corrected chi connectivity index (χ1v) is 7.99. The Hall–Kier alpha value is -1.42. The standard InChI is InChI=1S/C17H24FN3/c1-13-5-2-3-8-17(13)16(19-9-10-21-17)20-12-14-6-4-7-15(18)11-14/h4,6-7,11,13,21H,2-3,5,8-10,12H2,1H3,(H,19,20)/t13-,17-/m0/s1. The molecule has 1 aromatic carbocycles. The lowest BCUT2D eigenvalue weighted by molar-refractivity contribution is 0.215. The predicted octanol–water partition coefficient (Wildman–Crippen LogP) is 2.87. The molecule has 2 aliphatic rings.